The first-order chi connectivity index (χ1) is 10.00. The molecule has 2 aliphatic rings. The van der Waals surface area contributed by atoms with E-state index in [0.29, 0.717) is 12.5 Å². The molecule has 21 heavy (non-hydrogen) atoms. The number of hydrogen-bond donors (Lipinski definition) is 0. The zero-order valence-electron chi connectivity index (χ0n) is 13.2. The molecule has 0 aromatic rings. The van der Waals surface area contributed by atoms with E-state index in [1.54, 1.807) is 21.1 Å². The molecule has 0 radical (unpaired) electrons. The third kappa shape index (κ3) is 2.77. The predicted molar refractivity (Wildman–Crippen MR) is 80.5 cm³/mol. The maximum Gasteiger partial charge on any atom is 0.330 e. The fourth-order valence-electron chi connectivity index (χ4n) is 3.36. The third-order valence-corrected chi connectivity index (χ3v) is 4.55. The summed E-state index contributed by atoms with van der Waals surface area (Å²) in [6.45, 7) is 8.23. The molecule has 2 rings (SSSR count). The lowest BCUT2D eigenvalue weighted by Gasteiger charge is -2.22. The minimum absolute atomic E-state index is 0.226. The van der Waals surface area contributed by atoms with Gasteiger partial charge in [0.25, 0.3) is 0 Å². The fraction of sp³-hybridized carbons (Fsp3) is 0.588. The summed E-state index contributed by atoms with van der Waals surface area (Å²) in [5, 5.41) is 0. The summed E-state index contributed by atoms with van der Waals surface area (Å²) in [5.74, 6) is 1.45. The van der Waals surface area contributed by atoms with Crippen LogP contribution in [0, 0.1) is 17.8 Å². The van der Waals surface area contributed by atoms with Gasteiger partial charge in [-0.15, -0.1) is 0 Å². The van der Waals surface area contributed by atoms with Gasteiger partial charge in [0, 0.05) is 30.9 Å². The van der Waals surface area contributed by atoms with Crippen molar-refractivity contribution < 1.29 is 19.0 Å². The highest BCUT2D eigenvalue weighted by atomic mass is 16.5. The van der Waals surface area contributed by atoms with Gasteiger partial charge in [-0.3, -0.25) is 0 Å². The van der Waals surface area contributed by atoms with E-state index in [1.165, 1.54) is 6.08 Å². The second kappa shape index (κ2) is 6.06. The van der Waals surface area contributed by atoms with Crippen LogP contribution in [-0.2, 0) is 19.0 Å². The average molecular weight is 292 g/mol. The lowest BCUT2D eigenvalue weighted by atomic mass is 9.88. The molecule has 0 unspecified atom stereocenters. The lowest BCUT2D eigenvalue weighted by Crippen LogP contribution is -2.15. The Morgan fingerprint density at radius 3 is 2.76 bits per heavy atom. The van der Waals surface area contributed by atoms with Gasteiger partial charge in [-0.2, -0.15) is 0 Å². The first kappa shape index (κ1) is 15.8. The summed E-state index contributed by atoms with van der Waals surface area (Å²) < 4.78 is 16.1. The van der Waals surface area contributed by atoms with Gasteiger partial charge in [0.05, 0.1) is 25.1 Å². The van der Waals surface area contributed by atoms with Gasteiger partial charge >= 0.3 is 5.97 Å². The number of rotatable bonds is 6. The van der Waals surface area contributed by atoms with E-state index < -0.39 is 5.60 Å². The van der Waals surface area contributed by atoms with Crippen molar-refractivity contribution in [2.75, 3.05) is 20.8 Å². The summed E-state index contributed by atoms with van der Waals surface area (Å²) >= 11 is 0. The summed E-state index contributed by atoms with van der Waals surface area (Å²) in [7, 11) is 3.37. The molecule has 0 spiro atoms. The Hall–Kier alpha value is -1.55. The minimum atomic E-state index is -0.416. The number of carbonyl (C=O) groups is 1. The fourth-order valence-corrected chi connectivity index (χ4v) is 3.36. The Balaban J connectivity index is 2.18. The Bertz CT molecular complexity index is 491. The van der Waals surface area contributed by atoms with E-state index in [2.05, 4.69) is 12.7 Å². The monoisotopic (exact) mass is 292 g/mol. The lowest BCUT2D eigenvalue weighted by molar-refractivity contribution is -0.137. The average Bonchev–Trinajstić information content (AvgIpc) is 3.11. The van der Waals surface area contributed by atoms with Crippen molar-refractivity contribution in [2.45, 2.75) is 25.9 Å². The first-order valence-corrected chi connectivity index (χ1v) is 7.32. The smallest absolute Gasteiger partial charge is 0.330 e. The minimum Gasteiger partial charge on any atom is -0.501 e. The van der Waals surface area contributed by atoms with Crippen LogP contribution in [0.4, 0.5) is 0 Å². The van der Waals surface area contributed by atoms with Crippen LogP contribution in [0.3, 0.4) is 0 Å². The highest BCUT2D eigenvalue weighted by molar-refractivity contribution is 5.82. The van der Waals surface area contributed by atoms with E-state index in [0.717, 1.165) is 17.8 Å². The molecular weight excluding hydrogens is 268 g/mol. The van der Waals surface area contributed by atoms with Crippen LogP contribution in [0.15, 0.2) is 36.1 Å². The maximum absolute atomic E-state index is 11.5. The molecule has 0 aromatic carbocycles. The van der Waals surface area contributed by atoms with Gasteiger partial charge in [-0.1, -0.05) is 12.2 Å². The topological polar surface area (TPSA) is 44.8 Å². The number of esters is 1. The number of ether oxygens (including phenoxy) is 3. The Morgan fingerprint density at radius 2 is 2.24 bits per heavy atom. The second-order valence-corrected chi connectivity index (χ2v) is 5.68. The maximum atomic E-state index is 11.5. The van der Waals surface area contributed by atoms with Crippen LogP contribution >= 0.6 is 0 Å². The van der Waals surface area contributed by atoms with E-state index >= 15 is 0 Å². The molecule has 1 fully saturated rings. The summed E-state index contributed by atoms with van der Waals surface area (Å²) in [6, 6.07) is 0. The quantitative estimate of drug-likeness (QED) is 0.429. The van der Waals surface area contributed by atoms with Crippen LogP contribution < -0.4 is 0 Å². The van der Waals surface area contributed by atoms with Crippen LogP contribution in [0.1, 0.15) is 20.3 Å². The Kier molecular flexibility index (Phi) is 4.57. The van der Waals surface area contributed by atoms with Crippen LogP contribution in [0.25, 0.3) is 0 Å². The van der Waals surface area contributed by atoms with E-state index in [9.17, 15) is 4.79 Å². The molecule has 116 valence electrons. The summed E-state index contributed by atoms with van der Waals surface area (Å²) in [5.41, 5.74) is 0.675. The molecule has 0 heterocycles. The molecule has 0 amide bonds. The van der Waals surface area contributed by atoms with Crippen molar-refractivity contribution in [1.82, 2.24) is 0 Å². The van der Waals surface area contributed by atoms with E-state index in [-0.39, 0.29) is 17.8 Å². The molecule has 0 bridgehead atoms. The molecule has 1 saturated carbocycles. The van der Waals surface area contributed by atoms with Crippen molar-refractivity contribution in [3.63, 3.8) is 0 Å². The largest absolute Gasteiger partial charge is 0.501 e. The Morgan fingerprint density at radius 1 is 1.52 bits per heavy atom. The zero-order valence-corrected chi connectivity index (χ0v) is 13.2. The number of allylic oxidation sites excluding steroid dienone is 1. The van der Waals surface area contributed by atoms with Crippen molar-refractivity contribution in [1.29, 1.82) is 0 Å². The highest BCUT2D eigenvalue weighted by Gasteiger charge is 2.65. The molecule has 4 heteroatoms. The molecule has 0 N–H and O–H groups in total. The van der Waals surface area contributed by atoms with Gasteiger partial charge in [0.1, 0.15) is 0 Å². The van der Waals surface area contributed by atoms with Gasteiger partial charge in [-0.25, -0.2) is 4.79 Å². The summed E-state index contributed by atoms with van der Waals surface area (Å²) in [6.07, 6.45) is 6.36. The molecule has 0 aromatic heterocycles. The van der Waals surface area contributed by atoms with Crippen LogP contribution in [-0.4, -0.2) is 32.4 Å². The molecular formula is C17H24O4. The summed E-state index contributed by atoms with van der Waals surface area (Å²) in [4.78, 5) is 11.5. The van der Waals surface area contributed by atoms with Crippen molar-refractivity contribution in [3.8, 4) is 0 Å². The number of fused-ring (bicyclic) bond motifs is 1. The van der Waals surface area contributed by atoms with Gasteiger partial charge in [-0.05, 0) is 32.4 Å². The van der Waals surface area contributed by atoms with Gasteiger partial charge < -0.3 is 14.2 Å². The predicted octanol–water partition coefficient (Wildman–Crippen LogP) is 2.86. The molecule has 0 saturated heterocycles. The Labute approximate surface area is 126 Å². The molecule has 4 atom stereocenters. The standard InChI is InChI=1S/C17H24O4/c1-6-21-16(18)7-8-17(20-5)13-9-12(11(2)3)15(19-4)10-14(13)17/h7-8,10,12-14H,2,6,9H2,1,3-5H3/b8-7+/t12-,13+,14-,17+/m0/s1. The van der Waals surface area contributed by atoms with Crippen molar-refractivity contribution in [3.05, 3.63) is 36.1 Å². The third-order valence-electron chi connectivity index (χ3n) is 4.55. The van der Waals surface area contributed by atoms with Crippen LogP contribution in [0.2, 0.25) is 0 Å². The number of methoxy groups -OCH3 is 2. The van der Waals surface area contributed by atoms with E-state index in [4.69, 9.17) is 14.2 Å². The SMILES string of the molecule is C=C(C)[C@@H]1C[C@@H]2[C@H](C=C1OC)[C@]2(/C=C/C(=O)OCC)OC. The zero-order chi connectivity index (χ0) is 15.6. The second-order valence-electron chi connectivity index (χ2n) is 5.68. The highest BCUT2D eigenvalue weighted by Crippen LogP contribution is 2.62. The van der Waals surface area contributed by atoms with Crippen molar-refractivity contribution >= 4 is 5.97 Å². The van der Waals surface area contributed by atoms with Gasteiger partial charge in [0.15, 0.2) is 0 Å². The molecule has 0 aliphatic heterocycles. The first-order valence-electron chi connectivity index (χ1n) is 7.32. The normalized spacial score (nSPS) is 34.1. The molecule has 2 aliphatic carbocycles. The molecule has 4 nitrogen and oxygen atoms in total. The van der Waals surface area contributed by atoms with Gasteiger partial charge in [0.2, 0.25) is 0 Å². The number of hydrogen-bond acceptors (Lipinski definition) is 4. The van der Waals surface area contributed by atoms with Crippen molar-refractivity contribution in [2.24, 2.45) is 17.8 Å². The number of carbonyl (C=O) groups excluding carboxylic acids is 1. The van der Waals surface area contributed by atoms with E-state index in [1.807, 2.05) is 13.0 Å². The van der Waals surface area contributed by atoms with Crippen LogP contribution in [0.5, 0.6) is 0 Å².